The van der Waals surface area contributed by atoms with Crippen molar-refractivity contribution in [3.8, 4) is 5.75 Å². The molecule has 1 atom stereocenters. The molecule has 0 aromatic heterocycles. The predicted octanol–water partition coefficient (Wildman–Crippen LogP) is 3.87. The fourth-order valence-electron chi connectivity index (χ4n) is 3.02. The highest BCUT2D eigenvalue weighted by Gasteiger charge is 2.19. The monoisotopic (exact) mass is 264 g/mol. The van der Waals surface area contributed by atoms with Gasteiger partial charge in [-0.05, 0) is 28.3 Å². The molecule has 1 unspecified atom stereocenters. The highest BCUT2D eigenvalue weighted by atomic mass is 16.5. The summed E-state index contributed by atoms with van der Waals surface area (Å²) in [5.74, 6) is 1.04. The van der Waals surface area contributed by atoms with Gasteiger partial charge >= 0.3 is 0 Å². The van der Waals surface area contributed by atoms with Gasteiger partial charge in [0.2, 0.25) is 0 Å². The molecule has 0 amide bonds. The zero-order chi connectivity index (χ0) is 13.4. The Hall–Kier alpha value is -2.16. The molecule has 0 spiro atoms. The predicted molar refractivity (Wildman–Crippen MR) is 77.1 cm³/mol. The van der Waals surface area contributed by atoms with Crippen LogP contribution in [0.1, 0.15) is 28.3 Å². The van der Waals surface area contributed by atoms with E-state index in [0.717, 1.165) is 25.2 Å². The van der Waals surface area contributed by atoms with Crippen LogP contribution in [-0.4, -0.2) is 6.61 Å². The summed E-state index contributed by atoms with van der Waals surface area (Å²) in [7, 11) is 0. The van der Waals surface area contributed by atoms with Crippen LogP contribution in [0.3, 0.4) is 0 Å². The van der Waals surface area contributed by atoms with Gasteiger partial charge in [0.1, 0.15) is 11.8 Å². The van der Waals surface area contributed by atoms with Crippen molar-refractivity contribution in [3.63, 3.8) is 0 Å². The molecule has 20 heavy (non-hydrogen) atoms. The van der Waals surface area contributed by atoms with E-state index in [1.165, 1.54) is 22.3 Å². The lowest BCUT2D eigenvalue weighted by Gasteiger charge is -2.19. The summed E-state index contributed by atoms with van der Waals surface area (Å²) in [4.78, 5) is 0. The molecule has 0 bridgehead atoms. The lowest BCUT2D eigenvalue weighted by Crippen LogP contribution is -2.07. The standard InChI is InChI=1S/C17H16N2O/c1-2-4-15-14(3-1)11-18-19-16(15)10-12-5-6-17-13(9-12)7-8-20-17/h1-6,9,16H,7-8,10-11H2. The van der Waals surface area contributed by atoms with Crippen LogP contribution in [0.2, 0.25) is 0 Å². The second-order valence-electron chi connectivity index (χ2n) is 5.37. The van der Waals surface area contributed by atoms with Crippen molar-refractivity contribution in [3.05, 3.63) is 64.7 Å². The van der Waals surface area contributed by atoms with Gasteiger partial charge in [0.15, 0.2) is 0 Å². The Morgan fingerprint density at radius 1 is 1.10 bits per heavy atom. The smallest absolute Gasteiger partial charge is 0.122 e. The van der Waals surface area contributed by atoms with Crippen molar-refractivity contribution in [2.24, 2.45) is 10.2 Å². The van der Waals surface area contributed by atoms with Crippen molar-refractivity contribution < 1.29 is 4.74 Å². The first kappa shape index (κ1) is 11.6. The number of azo groups is 1. The van der Waals surface area contributed by atoms with E-state index in [-0.39, 0.29) is 6.04 Å². The molecular formula is C17H16N2O. The Morgan fingerprint density at radius 2 is 2.05 bits per heavy atom. The molecule has 2 heterocycles. The maximum atomic E-state index is 5.56. The van der Waals surface area contributed by atoms with Gasteiger partial charge in [-0.25, -0.2) is 0 Å². The molecule has 2 aliphatic rings. The van der Waals surface area contributed by atoms with Gasteiger partial charge in [0, 0.05) is 12.8 Å². The molecule has 0 saturated carbocycles. The first-order valence-corrected chi connectivity index (χ1v) is 7.09. The van der Waals surface area contributed by atoms with Crippen LogP contribution in [0.25, 0.3) is 0 Å². The molecule has 3 heteroatoms. The van der Waals surface area contributed by atoms with E-state index in [9.17, 15) is 0 Å². The molecule has 100 valence electrons. The number of fused-ring (bicyclic) bond motifs is 2. The van der Waals surface area contributed by atoms with Crippen molar-refractivity contribution in [2.45, 2.75) is 25.4 Å². The highest BCUT2D eigenvalue weighted by molar-refractivity contribution is 5.41. The SMILES string of the molecule is c1ccc2c(c1)CN=NC2Cc1ccc2c(c1)CCO2. The fraction of sp³-hybridized carbons (Fsp3) is 0.294. The third-order valence-corrected chi connectivity index (χ3v) is 4.06. The second kappa shape index (κ2) is 4.75. The highest BCUT2D eigenvalue weighted by Crippen LogP contribution is 2.32. The average Bonchev–Trinajstić information content (AvgIpc) is 2.95. The van der Waals surface area contributed by atoms with Gasteiger partial charge in [0.25, 0.3) is 0 Å². The molecule has 4 rings (SSSR count). The van der Waals surface area contributed by atoms with Gasteiger partial charge in [-0.15, -0.1) is 0 Å². The Labute approximate surface area is 118 Å². The summed E-state index contributed by atoms with van der Waals surface area (Å²) in [6.45, 7) is 1.52. The minimum atomic E-state index is 0.153. The fourth-order valence-corrected chi connectivity index (χ4v) is 3.02. The quantitative estimate of drug-likeness (QED) is 0.810. The largest absolute Gasteiger partial charge is 0.493 e. The molecule has 2 aromatic carbocycles. The van der Waals surface area contributed by atoms with Crippen LogP contribution in [-0.2, 0) is 19.4 Å². The molecule has 0 fully saturated rings. The van der Waals surface area contributed by atoms with Crippen molar-refractivity contribution in [1.82, 2.24) is 0 Å². The molecular weight excluding hydrogens is 248 g/mol. The number of nitrogens with zero attached hydrogens (tertiary/aromatic N) is 2. The van der Waals surface area contributed by atoms with Crippen molar-refractivity contribution in [1.29, 1.82) is 0 Å². The summed E-state index contributed by atoms with van der Waals surface area (Å²) >= 11 is 0. The topological polar surface area (TPSA) is 34.0 Å². The first-order chi connectivity index (χ1) is 9.90. The van der Waals surface area contributed by atoms with Gasteiger partial charge in [0.05, 0.1) is 13.2 Å². The van der Waals surface area contributed by atoms with Gasteiger partial charge in [-0.3, -0.25) is 0 Å². The van der Waals surface area contributed by atoms with E-state index >= 15 is 0 Å². The molecule has 0 N–H and O–H groups in total. The Morgan fingerprint density at radius 3 is 3.05 bits per heavy atom. The van der Waals surface area contributed by atoms with Gasteiger partial charge in [-0.2, -0.15) is 10.2 Å². The Kier molecular flexibility index (Phi) is 2.76. The maximum absolute atomic E-state index is 5.56. The summed E-state index contributed by atoms with van der Waals surface area (Å²) in [6, 6.07) is 15.1. The second-order valence-corrected chi connectivity index (χ2v) is 5.37. The van der Waals surface area contributed by atoms with Crippen LogP contribution in [0.5, 0.6) is 5.75 Å². The molecule has 0 aliphatic carbocycles. The van der Waals surface area contributed by atoms with E-state index in [1.807, 2.05) is 0 Å². The zero-order valence-corrected chi connectivity index (χ0v) is 11.2. The maximum Gasteiger partial charge on any atom is 0.122 e. The lowest BCUT2D eigenvalue weighted by atomic mass is 9.93. The Bertz CT molecular complexity index is 678. The van der Waals surface area contributed by atoms with Crippen molar-refractivity contribution >= 4 is 0 Å². The van der Waals surface area contributed by atoms with Gasteiger partial charge in [-0.1, -0.05) is 36.4 Å². The van der Waals surface area contributed by atoms with Crippen LogP contribution < -0.4 is 4.74 Å². The summed E-state index contributed by atoms with van der Waals surface area (Å²) in [6.07, 6.45) is 1.93. The number of ether oxygens (including phenoxy) is 1. The van der Waals surface area contributed by atoms with Crippen LogP contribution in [0.4, 0.5) is 0 Å². The van der Waals surface area contributed by atoms with Crippen LogP contribution in [0.15, 0.2) is 52.7 Å². The minimum absolute atomic E-state index is 0.153. The number of benzene rings is 2. The Balaban J connectivity index is 1.63. The zero-order valence-electron chi connectivity index (χ0n) is 11.2. The number of hydrogen-bond donors (Lipinski definition) is 0. The third kappa shape index (κ3) is 1.99. The minimum Gasteiger partial charge on any atom is -0.493 e. The van der Waals surface area contributed by atoms with E-state index in [2.05, 4.69) is 52.7 Å². The molecule has 0 radical (unpaired) electrons. The lowest BCUT2D eigenvalue weighted by molar-refractivity contribution is 0.357. The molecule has 3 nitrogen and oxygen atoms in total. The van der Waals surface area contributed by atoms with E-state index in [1.54, 1.807) is 0 Å². The van der Waals surface area contributed by atoms with Crippen LogP contribution >= 0.6 is 0 Å². The molecule has 0 saturated heterocycles. The van der Waals surface area contributed by atoms with Crippen molar-refractivity contribution in [2.75, 3.05) is 6.61 Å². The van der Waals surface area contributed by atoms with Crippen LogP contribution in [0, 0.1) is 0 Å². The first-order valence-electron chi connectivity index (χ1n) is 7.09. The van der Waals surface area contributed by atoms with E-state index in [4.69, 9.17) is 4.74 Å². The van der Waals surface area contributed by atoms with E-state index in [0.29, 0.717) is 6.54 Å². The van der Waals surface area contributed by atoms with E-state index < -0.39 is 0 Å². The average molecular weight is 264 g/mol. The number of hydrogen-bond acceptors (Lipinski definition) is 3. The molecule has 2 aromatic rings. The summed E-state index contributed by atoms with van der Waals surface area (Å²) in [5.41, 5.74) is 5.26. The summed E-state index contributed by atoms with van der Waals surface area (Å²) in [5, 5.41) is 8.72. The third-order valence-electron chi connectivity index (χ3n) is 4.06. The molecule has 2 aliphatic heterocycles. The number of rotatable bonds is 2. The van der Waals surface area contributed by atoms with Gasteiger partial charge < -0.3 is 4.74 Å². The summed E-state index contributed by atoms with van der Waals surface area (Å²) < 4.78 is 5.56. The normalized spacial score (nSPS) is 19.3.